The van der Waals surface area contributed by atoms with Crippen molar-refractivity contribution in [3.05, 3.63) is 63.8 Å². The highest BCUT2D eigenvalue weighted by atomic mass is 35.5. The molecule has 4 nitrogen and oxygen atoms in total. The second-order valence-electron chi connectivity index (χ2n) is 5.06. The minimum absolute atomic E-state index is 0.0970. The fourth-order valence-corrected chi connectivity index (χ4v) is 2.85. The lowest BCUT2D eigenvalue weighted by molar-refractivity contribution is 0.0586. The maximum atomic E-state index is 12.1. The Morgan fingerprint density at radius 2 is 1.78 bits per heavy atom. The molecule has 23 heavy (non-hydrogen) atoms. The fourth-order valence-electron chi connectivity index (χ4n) is 2.55. The zero-order chi connectivity index (χ0) is 16.6. The number of nitrogens with zero attached hydrogens (tertiary/aromatic N) is 1. The number of aromatic hydroxyl groups is 1. The molecule has 2 aromatic carbocycles. The van der Waals surface area contributed by atoms with E-state index in [2.05, 4.69) is 0 Å². The monoisotopic (exact) mass is 349 g/mol. The van der Waals surface area contributed by atoms with E-state index in [1.165, 1.54) is 7.11 Å². The van der Waals surface area contributed by atoms with Crippen LogP contribution in [0.4, 0.5) is 0 Å². The molecule has 0 fully saturated rings. The average Bonchev–Trinajstić information content (AvgIpc) is 2.81. The van der Waals surface area contributed by atoms with E-state index in [0.717, 1.165) is 5.56 Å². The lowest BCUT2D eigenvalue weighted by Gasteiger charge is -2.10. The van der Waals surface area contributed by atoms with Crippen LogP contribution < -0.4 is 0 Å². The zero-order valence-corrected chi connectivity index (χ0v) is 13.7. The number of aromatic nitrogens is 1. The second-order valence-corrected chi connectivity index (χ2v) is 5.94. The minimum Gasteiger partial charge on any atom is -0.505 e. The van der Waals surface area contributed by atoms with Crippen LogP contribution in [0.2, 0.25) is 10.0 Å². The number of carbonyl (C=O) groups is 1. The summed E-state index contributed by atoms with van der Waals surface area (Å²) in [5.74, 6) is -0.743. The predicted molar refractivity (Wildman–Crippen MR) is 90.5 cm³/mol. The van der Waals surface area contributed by atoms with Crippen LogP contribution in [0, 0.1) is 0 Å². The van der Waals surface area contributed by atoms with Gasteiger partial charge in [-0.25, -0.2) is 4.79 Å². The van der Waals surface area contributed by atoms with E-state index in [1.54, 1.807) is 34.9 Å². The summed E-state index contributed by atoms with van der Waals surface area (Å²) in [6, 6.07) is 12.4. The van der Waals surface area contributed by atoms with E-state index < -0.39 is 5.97 Å². The van der Waals surface area contributed by atoms with Crippen LogP contribution >= 0.6 is 23.2 Å². The third-order valence-electron chi connectivity index (χ3n) is 3.63. The Morgan fingerprint density at radius 3 is 2.43 bits per heavy atom. The highest BCUT2D eigenvalue weighted by Crippen LogP contribution is 2.35. The smallest absolute Gasteiger partial charge is 0.358 e. The van der Waals surface area contributed by atoms with Crippen molar-refractivity contribution in [3.63, 3.8) is 0 Å². The normalized spacial score (nSPS) is 10.9. The molecule has 0 aliphatic heterocycles. The summed E-state index contributed by atoms with van der Waals surface area (Å²) >= 11 is 11.9. The summed E-state index contributed by atoms with van der Waals surface area (Å²) in [5, 5.41) is 12.0. The molecule has 0 saturated carbocycles. The van der Waals surface area contributed by atoms with Gasteiger partial charge in [-0.05, 0) is 35.9 Å². The van der Waals surface area contributed by atoms with Crippen LogP contribution in [-0.4, -0.2) is 22.8 Å². The number of ether oxygens (including phenoxy) is 1. The van der Waals surface area contributed by atoms with E-state index in [9.17, 15) is 9.90 Å². The van der Waals surface area contributed by atoms with Crippen molar-refractivity contribution in [1.82, 2.24) is 4.57 Å². The van der Waals surface area contributed by atoms with Crippen molar-refractivity contribution < 1.29 is 14.6 Å². The summed E-state index contributed by atoms with van der Waals surface area (Å²) in [6.07, 6.45) is 0. The van der Waals surface area contributed by atoms with Gasteiger partial charge in [0, 0.05) is 22.0 Å². The van der Waals surface area contributed by atoms with E-state index in [-0.39, 0.29) is 11.4 Å². The van der Waals surface area contributed by atoms with Gasteiger partial charge in [0.05, 0.1) is 12.6 Å². The van der Waals surface area contributed by atoms with Crippen LogP contribution in [0.5, 0.6) is 5.75 Å². The molecule has 0 aliphatic rings. The Hall–Kier alpha value is -2.17. The number of halogens is 2. The quantitative estimate of drug-likeness (QED) is 0.708. The Morgan fingerprint density at radius 1 is 1.13 bits per heavy atom. The molecule has 118 valence electrons. The number of fused-ring (bicyclic) bond motifs is 1. The molecule has 0 bridgehead atoms. The highest BCUT2D eigenvalue weighted by Gasteiger charge is 2.23. The number of benzene rings is 2. The molecule has 1 aromatic heterocycles. The molecule has 0 radical (unpaired) electrons. The number of rotatable bonds is 3. The van der Waals surface area contributed by atoms with Crippen LogP contribution in [0.1, 0.15) is 16.1 Å². The molecule has 0 unspecified atom stereocenters. The number of methoxy groups -OCH3 is 1. The van der Waals surface area contributed by atoms with Gasteiger partial charge in [0.1, 0.15) is 0 Å². The van der Waals surface area contributed by atoms with Gasteiger partial charge in [-0.3, -0.25) is 0 Å². The first-order valence-corrected chi connectivity index (χ1v) is 7.60. The summed E-state index contributed by atoms with van der Waals surface area (Å²) in [4.78, 5) is 12.1. The first-order chi connectivity index (χ1) is 11.0. The fraction of sp³-hybridized carbons (Fsp3) is 0.118. The maximum absolute atomic E-state index is 12.1. The maximum Gasteiger partial charge on any atom is 0.358 e. The summed E-state index contributed by atoms with van der Waals surface area (Å²) < 4.78 is 6.50. The van der Waals surface area contributed by atoms with Gasteiger partial charge >= 0.3 is 5.97 Å². The van der Waals surface area contributed by atoms with Crippen LogP contribution in [-0.2, 0) is 11.3 Å². The Labute approximate surface area is 142 Å². The van der Waals surface area contributed by atoms with Gasteiger partial charge in [0.15, 0.2) is 11.4 Å². The standard InChI is InChI=1S/C17H13Cl2NO3/c1-23-17(22)15-16(21)13-8-12(19)6-7-14(13)20(15)9-10-2-4-11(18)5-3-10/h2-8,21H,9H2,1H3. The average molecular weight is 350 g/mol. The van der Waals surface area contributed by atoms with Gasteiger partial charge in [0.2, 0.25) is 0 Å². The largest absolute Gasteiger partial charge is 0.505 e. The summed E-state index contributed by atoms with van der Waals surface area (Å²) in [6.45, 7) is 0.389. The summed E-state index contributed by atoms with van der Waals surface area (Å²) in [7, 11) is 1.28. The zero-order valence-electron chi connectivity index (χ0n) is 12.2. The van der Waals surface area contributed by atoms with Crippen molar-refractivity contribution in [2.24, 2.45) is 0 Å². The minimum atomic E-state index is -0.608. The predicted octanol–water partition coefficient (Wildman–Crippen LogP) is 4.49. The molecule has 0 spiro atoms. The van der Waals surface area contributed by atoms with Crippen LogP contribution in [0.3, 0.4) is 0 Å². The van der Waals surface area contributed by atoms with Gasteiger partial charge < -0.3 is 14.4 Å². The van der Waals surface area contributed by atoms with Crippen molar-refractivity contribution >= 4 is 40.1 Å². The molecule has 1 heterocycles. The molecule has 1 N–H and O–H groups in total. The molecular weight excluding hydrogens is 337 g/mol. The lowest BCUT2D eigenvalue weighted by Crippen LogP contribution is -2.11. The van der Waals surface area contributed by atoms with Gasteiger partial charge in [0.25, 0.3) is 0 Å². The third kappa shape index (κ3) is 2.87. The molecule has 3 rings (SSSR count). The molecule has 0 amide bonds. The molecule has 0 saturated heterocycles. The SMILES string of the molecule is COC(=O)c1c(O)c2cc(Cl)ccc2n1Cc1ccc(Cl)cc1. The number of hydrogen-bond acceptors (Lipinski definition) is 3. The van der Waals surface area contributed by atoms with Crippen LogP contribution in [0.25, 0.3) is 10.9 Å². The van der Waals surface area contributed by atoms with E-state index >= 15 is 0 Å². The molecule has 0 aliphatic carbocycles. The first kappa shape index (κ1) is 15.7. The highest BCUT2D eigenvalue weighted by molar-refractivity contribution is 6.31. The van der Waals surface area contributed by atoms with Crippen molar-refractivity contribution in [2.45, 2.75) is 6.54 Å². The van der Waals surface area contributed by atoms with Gasteiger partial charge in [-0.1, -0.05) is 35.3 Å². The van der Waals surface area contributed by atoms with E-state index in [1.807, 2.05) is 12.1 Å². The number of carbonyl (C=O) groups excluding carboxylic acids is 1. The molecule has 0 atom stereocenters. The number of esters is 1. The van der Waals surface area contributed by atoms with E-state index in [0.29, 0.717) is 27.5 Å². The number of hydrogen-bond donors (Lipinski definition) is 1. The Kier molecular flexibility index (Phi) is 4.20. The summed E-state index contributed by atoms with van der Waals surface area (Å²) in [5.41, 5.74) is 1.73. The molecule has 6 heteroatoms. The van der Waals surface area contributed by atoms with Crippen LogP contribution in [0.15, 0.2) is 42.5 Å². The Bertz CT molecular complexity index is 885. The third-order valence-corrected chi connectivity index (χ3v) is 4.12. The molecular formula is C17H13Cl2NO3. The first-order valence-electron chi connectivity index (χ1n) is 6.84. The second kappa shape index (κ2) is 6.14. The van der Waals surface area contributed by atoms with Crippen molar-refractivity contribution in [2.75, 3.05) is 7.11 Å². The topological polar surface area (TPSA) is 51.5 Å². The van der Waals surface area contributed by atoms with Crippen molar-refractivity contribution in [3.8, 4) is 5.75 Å². The van der Waals surface area contributed by atoms with Gasteiger partial charge in [-0.2, -0.15) is 0 Å². The van der Waals surface area contributed by atoms with Gasteiger partial charge in [-0.15, -0.1) is 0 Å². The lowest BCUT2D eigenvalue weighted by atomic mass is 10.2. The van der Waals surface area contributed by atoms with E-state index in [4.69, 9.17) is 27.9 Å². The Balaban J connectivity index is 2.20. The molecule has 3 aromatic rings. The van der Waals surface area contributed by atoms with Crippen molar-refractivity contribution in [1.29, 1.82) is 0 Å².